The Morgan fingerprint density at radius 1 is 1.37 bits per heavy atom. The molecule has 1 aliphatic rings. The van der Waals surface area contributed by atoms with Gasteiger partial charge in [-0.15, -0.1) is 0 Å². The SMILES string of the molecule is CCC(=O)N1N=C(c2ccco2)C[C@@H]1c1ccco1. The average molecular weight is 258 g/mol. The Hall–Kier alpha value is -2.30. The van der Waals surface area contributed by atoms with Crippen molar-refractivity contribution in [2.24, 2.45) is 5.10 Å². The van der Waals surface area contributed by atoms with Gasteiger partial charge in [0.15, 0.2) is 0 Å². The predicted octanol–water partition coefficient (Wildman–Crippen LogP) is 2.96. The number of nitrogens with zero attached hydrogens (tertiary/aromatic N) is 2. The molecule has 0 aliphatic carbocycles. The molecule has 0 bridgehead atoms. The molecule has 3 rings (SSSR count). The molecular formula is C14H14N2O3. The second-order valence-electron chi connectivity index (χ2n) is 4.35. The summed E-state index contributed by atoms with van der Waals surface area (Å²) in [5.74, 6) is 1.41. The third-order valence-electron chi connectivity index (χ3n) is 3.15. The summed E-state index contributed by atoms with van der Waals surface area (Å²) < 4.78 is 10.8. The minimum Gasteiger partial charge on any atom is -0.467 e. The van der Waals surface area contributed by atoms with Crippen molar-refractivity contribution in [3.05, 3.63) is 48.3 Å². The van der Waals surface area contributed by atoms with Crippen LogP contribution < -0.4 is 0 Å². The highest BCUT2D eigenvalue weighted by Crippen LogP contribution is 2.33. The quantitative estimate of drug-likeness (QED) is 0.850. The molecule has 0 N–H and O–H groups in total. The molecule has 2 aromatic rings. The molecule has 3 heterocycles. The molecule has 0 fully saturated rings. The number of hydrogen-bond donors (Lipinski definition) is 0. The maximum Gasteiger partial charge on any atom is 0.243 e. The van der Waals surface area contributed by atoms with Gasteiger partial charge in [0.05, 0.1) is 12.5 Å². The zero-order valence-corrected chi connectivity index (χ0v) is 10.6. The van der Waals surface area contributed by atoms with E-state index in [1.165, 1.54) is 5.01 Å². The number of hydrogen-bond acceptors (Lipinski definition) is 4. The molecule has 0 unspecified atom stereocenters. The predicted molar refractivity (Wildman–Crippen MR) is 68.4 cm³/mol. The highest BCUT2D eigenvalue weighted by molar-refractivity contribution is 6.01. The number of carbonyl (C=O) groups is 1. The van der Waals surface area contributed by atoms with Crippen molar-refractivity contribution in [2.75, 3.05) is 0 Å². The number of rotatable bonds is 3. The average Bonchev–Trinajstić information content (AvgIpc) is 3.14. The summed E-state index contributed by atoms with van der Waals surface area (Å²) in [4.78, 5) is 12.0. The molecule has 5 heteroatoms. The van der Waals surface area contributed by atoms with Crippen LogP contribution in [-0.2, 0) is 4.79 Å². The maximum absolute atomic E-state index is 12.0. The fourth-order valence-electron chi connectivity index (χ4n) is 2.20. The first-order valence-electron chi connectivity index (χ1n) is 6.26. The Labute approximate surface area is 110 Å². The van der Waals surface area contributed by atoms with Gasteiger partial charge < -0.3 is 8.83 Å². The third-order valence-corrected chi connectivity index (χ3v) is 3.15. The summed E-state index contributed by atoms with van der Waals surface area (Å²) in [5, 5.41) is 5.88. The van der Waals surface area contributed by atoms with Crippen molar-refractivity contribution in [2.45, 2.75) is 25.8 Å². The van der Waals surface area contributed by atoms with Crippen LogP contribution in [0, 0.1) is 0 Å². The molecule has 2 aromatic heterocycles. The lowest BCUT2D eigenvalue weighted by molar-refractivity contribution is -0.133. The van der Waals surface area contributed by atoms with Gasteiger partial charge in [-0.2, -0.15) is 5.10 Å². The van der Waals surface area contributed by atoms with Gasteiger partial charge in [0.1, 0.15) is 23.3 Å². The summed E-state index contributed by atoms with van der Waals surface area (Å²) in [7, 11) is 0. The van der Waals surface area contributed by atoms with Crippen molar-refractivity contribution >= 4 is 11.6 Å². The zero-order chi connectivity index (χ0) is 13.2. The third kappa shape index (κ3) is 2.07. The molecule has 0 saturated carbocycles. The molecule has 0 spiro atoms. The smallest absolute Gasteiger partial charge is 0.243 e. The molecule has 5 nitrogen and oxygen atoms in total. The van der Waals surface area contributed by atoms with E-state index in [4.69, 9.17) is 8.83 Å². The van der Waals surface area contributed by atoms with Gasteiger partial charge in [-0.05, 0) is 24.3 Å². The molecule has 98 valence electrons. The van der Waals surface area contributed by atoms with Crippen LogP contribution in [0.2, 0.25) is 0 Å². The fourth-order valence-corrected chi connectivity index (χ4v) is 2.20. The molecule has 1 amide bonds. The van der Waals surface area contributed by atoms with Crippen LogP contribution in [0.3, 0.4) is 0 Å². The lowest BCUT2D eigenvalue weighted by Gasteiger charge is -2.18. The second-order valence-corrected chi connectivity index (χ2v) is 4.35. The van der Waals surface area contributed by atoms with E-state index in [9.17, 15) is 4.79 Å². The fraction of sp³-hybridized carbons (Fsp3) is 0.286. The standard InChI is InChI=1S/C14H14N2O3/c1-2-14(17)16-11(13-6-4-8-19-13)9-10(15-16)12-5-3-7-18-12/h3-8,11H,2,9H2,1H3/t11-/m1/s1. The van der Waals surface area contributed by atoms with Gasteiger partial charge in [-0.25, -0.2) is 5.01 Å². The van der Waals surface area contributed by atoms with Crippen molar-refractivity contribution in [3.8, 4) is 0 Å². The van der Waals surface area contributed by atoms with E-state index in [1.54, 1.807) is 12.5 Å². The van der Waals surface area contributed by atoms with E-state index in [2.05, 4.69) is 5.10 Å². The van der Waals surface area contributed by atoms with Crippen LogP contribution in [-0.4, -0.2) is 16.6 Å². The number of amides is 1. The number of carbonyl (C=O) groups excluding carboxylic acids is 1. The van der Waals surface area contributed by atoms with E-state index >= 15 is 0 Å². The van der Waals surface area contributed by atoms with Gasteiger partial charge in [-0.1, -0.05) is 6.92 Å². The summed E-state index contributed by atoms with van der Waals surface area (Å²) in [5.41, 5.74) is 0.771. The first-order valence-corrected chi connectivity index (χ1v) is 6.26. The van der Waals surface area contributed by atoms with E-state index in [0.29, 0.717) is 18.6 Å². The van der Waals surface area contributed by atoms with Crippen LogP contribution in [0.4, 0.5) is 0 Å². The molecule has 19 heavy (non-hydrogen) atoms. The van der Waals surface area contributed by atoms with E-state index < -0.39 is 0 Å². The Balaban J connectivity index is 1.93. The first kappa shape index (κ1) is 11.8. The number of hydrazone groups is 1. The molecule has 1 aliphatic heterocycles. The lowest BCUT2D eigenvalue weighted by atomic mass is 10.1. The van der Waals surface area contributed by atoms with E-state index in [-0.39, 0.29) is 11.9 Å². The minimum absolute atomic E-state index is 0.0250. The normalized spacial score (nSPS) is 18.7. The van der Waals surface area contributed by atoms with Crippen molar-refractivity contribution in [1.82, 2.24) is 5.01 Å². The van der Waals surface area contributed by atoms with Crippen LogP contribution in [0.5, 0.6) is 0 Å². The van der Waals surface area contributed by atoms with Crippen molar-refractivity contribution in [3.63, 3.8) is 0 Å². The topological polar surface area (TPSA) is 59.0 Å². The molecule has 1 atom stereocenters. The van der Waals surface area contributed by atoms with Gasteiger partial charge in [-0.3, -0.25) is 4.79 Å². The van der Waals surface area contributed by atoms with Gasteiger partial charge in [0, 0.05) is 12.8 Å². The van der Waals surface area contributed by atoms with Crippen LogP contribution in [0.25, 0.3) is 0 Å². The summed E-state index contributed by atoms with van der Waals surface area (Å²) in [6.07, 6.45) is 4.22. The van der Waals surface area contributed by atoms with Crippen LogP contribution in [0.15, 0.2) is 50.7 Å². The summed E-state index contributed by atoms with van der Waals surface area (Å²) in [6, 6.07) is 7.15. The second kappa shape index (κ2) is 4.76. The Morgan fingerprint density at radius 2 is 2.16 bits per heavy atom. The summed E-state index contributed by atoms with van der Waals surface area (Å²) >= 11 is 0. The lowest BCUT2D eigenvalue weighted by Crippen LogP contribution is -2.25. The monoisotopic (exact) mass is 258 g/mol. The molecular weight excluding hydrogens is 244 g/mol. The summed E-state index contributed by atoms with van der Waals surface area (Å²) in [6.45, 7) is 1.82. The highest BCUT2D eigenvalue weighted by atomic mass is 16.3. The highest BCUT2D eigenvalue weighted by Gasteiger charge is 2.34. The van der Waals surface area contributed by atoms with Crippen molar-refractivity contribution in [1.29, 1.82) is 0 Å². The van der Waals surface area contributed by atoms with Crippen LogP contribution in [0.1, 0.15) is 37.3 Å². The van der Waals surface area contributed by atoms with Gasteiger partial charge in [0.25, 0.3) is 0 Å². The first-order chi connectivity index (χ1) is 9.29. The molecule has 0 radical (unpaired) electrons. The zero-order valence-electron chi connectivity index (χ0n) is 10.6. The minimum atomic E-state index is -0.178. The van der Waals surface area contributed by atoms with Crippen LogP contribution >= 0.6 is 0 Å². The van der Waals surface area contributed by atoms with Crippen molar-refractivity contribution < 1.29 is 13.6 Å². The van der Waals surface area contributed by atoms with E-state index in [1.807, 2.05) is 31.2 Å². The Kier molecular flexibility index (Phi) is 2.95. The number of furan rings is 2. The molecule has 0 saturated heterocycles. The Morgan fingerprint density at radius 3 is 2.79 bits per heavy atom. The molecule has 0 aromatic carbocycles. The Bertz CT molecular complexity index is 584. The largest absolute Gasteiger partial charge is 0.467 e. The van der Waals surface area contributed by atoms with Gasteiger partial charge in [0.2, 0.25) is 5.91 Å². The van der Waals surface area contributed by atoms with Gasteiger partial charge >= 0.3 is 0 Å². The van der Waals surface area contributed by atoms with E-state index in [0.717, 1.165) is 11.5 Å². The maximum atomic E-state index is 12.0.